The van der Waals surface area contributed by atoms with Crippen LogP contribution < -0.4 is 21.3 Å². The summed E-state index contributed by atoms with van der Waals surface area (Å²) in [5, 5.41) is 35.6. The van der Waals surface area contributed by atoms with E-state index in [0.717, 1.165) is 29.3 Å². The third-order valence-corrected chi connectivity index (χ3v) is 7.76. The molecule has 3 amide bonds. The number of rotatable bonds is 19. The second-order valence-electron chi connectivity index (χ2n) is 13.1. The SMILES string of the molecule is CCCC[C@H](NC(=O)C(C)Nc1cccc2ccccc12)C(=O)N[C@@H](CC(C)C)[C@@H](O)CC(CC(C)O)C(=O)NCC(C)C. The molecule has 0 aliphatic rings. The fourth-order valence-electron chi connectivity index (χ4n) is 5.35. The summed E-state index contributed by atoms with van der Waals surface area (Å²) in [6.07, 6.45) is 1.14. The van der Waals surface area contributed by atoms with Gasteiger partial charge >= 0.3 is 0 Å². The molecule has 2 aromatic carbocycles. The number of amides is 3. The molecular weight excluding hydrogens is 556 g/mol. The summed E-state index contributed by atoms with van der Waals surface area (Å²) in [5.41, 5.74) is 0.838. The quantitative estimate of drug-likeness (QED) is 0.135. The number of benzene rings is 2. The third kappa shape index (κ3) is 12.4. The van der Waals surface area contributed by atoms with E-state index in [1.165, 1.54) is 0 Å². The molecule has 2 rings (SSSR count). The molecule has 3 unspecified atom stereocenters. The number of unbranched alkanes of at least 4 members (excludes halogenated alkanes) is 1. The zero-order valence-corrected chi connectivity index (χ0v) is 27.7. The summed E-state index contributed by atoms with van der Waals surface area (Å²) in [5.74, 6) is -1.04. The summed E-state index contributed by atoms with van der Waals surface area (Å²) in [6.45, 7) is 13.9. The highest BCUT2D eigenvalue weighted by Gasteiger charge is 2.32. The van der Waals surface area contributed by atoms with E-state index in [1.54, 1.807) is 13.8 Å². The van der Waals surface area contributed by atoms with Crippen LogP contribution in [0.4, 0.5) is 5.69 Å². The molecule has 246 valence electrons. The Balaban J connectivity index is 2.15. The molecule has 9 nitrogen and oxygen atoms in total. The lowest BCUT2D eigenvalue weighted by atomic mass is 9.88. The molecule has 6 atom stereocenters. The Hall–Kier alpha value is -3.17. The predicted octanol–water partition coefficient (Wildman–Crippen LogP) is 4.76. The molecule has 0 radical (unpaired) electrons. The van der Waals surface area contributed by atoms with E-state index < -0.39 is 36.3 Å². The van der Waals surface area contributed by atoms with Crippen LogP contribution in [-0.4, -0.2) is 64.8 Å². The van der Waals surface area contributed by atoms with Crippen molar-refractivity contribution in [1.29, 1.82) is 0 Å². The first-order chi connectivity index (χ1) is 20.8. The van der Waals surface area contributed by atoms with Crippen molar-refractivity contribution in [3.05, 3.63) is 42.5 Å². The number of anilines is 1. The first-order valence-corrected chi connectivity index (χ1v) is 16.3. The highest BCUT2D eigenvalue weighted by atomic mass is 16.3. The van der Waals surface area contributed by atoms with Gasteiger partial charge in [0, 0.05) is 23.5 Å². The number of nitrogens with one attached hydrogen (secondary N) is 4. The highest BCUT2D eigenvalue weighted by molar-refractivity contribution is 5.96. The van der Waals surface area contributed by atoms with Crippen molar-refractivity contribution in [2.75, 3.05) is 11.9 Å². The molecule has 0 spiro atoms. The van der Waals surface area contributed by atoms with Gasteiger partial charge in [-0.2, -0.15) is 0 Å². The van der Waals surface area contributed by atoms with Crippen LogP contribution in [0.5, 0.6) is 0 Å². The van der Waals surface area contributed by atoms with Crippen LogP contribution in [0.3, 0.4) is 0 Å². The second kappa shape index (κ2) is 18.6. The molecule has 6 N–H and O–H groups in total. The smallest absolute Gasteiger partial charge is 0.242 e. The van der Waals surface area contributed by atoms with E-state index in [-0.39, 0.29) is 42.4 Å². The Morgan fingerprint density at radius 3 is 2.09 bits per heavy atom. The van der Waals surface area contributed by atoms with Gasteiger partial charge in [0.15, 0.2) is 0 Å². The largest absolute Gasteiger partial charge is 0.393 e. The lowest BCUT2D eigenvalue weighted by molar-refractivity contribution is -0.131. The maximum absolute atomic E-state index is 13.6. The number of fused-ring (bicyclic) bond motifs is 1. The van der Waals surface area contributed by atoms with Gasteiger partial charge in [-0.05, 0) is 62.8 Å². The average Bonchev–Trinajstić information content (AvgIpc) is 2.96. The van der Waals surface area contributed by atoms with Gasteiger partial charge in [0.1, 0.15) is 12.1 Å². The van der Waals surface area contributed by atoms with Crippen LogP contribution in [-0.2, 0) is 14.4 Å². The van der Waals surface area contributed by atoms with Crippen molar-refractivity contribution in [2.24, 2.45) is 17.8 Å². The van der Waals surface area contributed by atoms with Crippen molar-refractivity contribution < 1.29 is 24.6 Å². The molecule has 0 saturated heterocycles. The molecule has 0 aliphatic heterocycles. The normalized spacial score (nSPS) is 15.7. The van der Waals surface area contributed by atoms with Crippen LogP contribution >= 0.6 is 0 Å². The van der Waals surface area contributed by atoms with Gasteiger partial charge in [0.05, 0.1) is 18.2 Å². The van der Waals surface area contributed by atoms with Gasteiger partial charge in [-0.1, -0.05) is 83.9 Å². The molecule has 0 fully saturated rings. The molecule has 0 saturated carbocycles. The van der Waals surface area contributed by atoms with Crippen molar-refractivity contribution in [3.63, 3.8) is 0 Å². The predicted molar refractivity (Wildman–Crippen MR) is 178 cm³/mol. The fraction of sp³-hybridized carbons (Fsp3) is 0.629. The zero-order chi connectivity index (χ0) is 32.8. The molecule has 2 aromatic rings. The summed E-state index contributed by atoms with van der Waals surface area (Å²) in [4.78, 5) is 39.9. The molecular formula is C35H56N4O5. The minimum atomic E-state index is -1.01. The van der Waals surface area contributed by atoms with Gasteiger partial charge in [0.2, 0.25) is 17.7 Å². The van der Waals surface area contributed by atoms with Gasteiger partial charge < -0.3 is 31.5 Å². The standard InChI is InChI=1S/C35H56N4O5/c1-8-9-16-30(38-33(42)25(7)37-29-17-12-14-26-13-10-11-15-28(26)29)35(44)39-31(18-22(2)3)32(41)20-27(19-24(6)40)34(43)36-21-23(4)5/h10-15,17,22-25,27,30-32,37,40-41H,8-9,16,18-21H2,1-7H3,(H,36,43)(H,38,42)(H,39,44)/t24?,25?,27?,30-,31-,32-/m0/s1. The fourth-order valence-corrected chi connectivity index (χ4v) is 5.35. The third-order valence-electron chi connectivity index (χ3n) is 7.76. The zero-order valence-electron chi connectivity index (χ0n) is 27.7. The van der Waals surface area contributed by atoms with Crippen LogP contribution in [0.2, 0.25) is 0 Å². The number of carbonyl (C=O) groups is 3. The van der Waals surface area contributed by atoms with E-state index >= 15 is 0 Å². The maximum Gasteiger partial charge on any atom is 0.242 e. The summed E-state index contributed by atoms with van der Waals surface area (Å²) in [6, 6.07) is 11.8. The van der Waals surface area contributed by atoms with Crippen molar-refractivity contribution >= 4 is 34.2 Å². The molecule has 44 heavy (non-hydrogen) atoms. The van der Waals surface area contributed by atoms with E-state index in [2.05, 4.69) is 21.3 Å². The van der Waals surface area contributed by atoms with E-state index in [1.807, 2.05) is 77.1 Å². The van der Waals surface area contributed by atoms with Crippen LogP contribution in [0.1, 0.15) is 87.0 Å². The summed E-state index contributed by atoms with van der Waals surface area (Å²) < 4.78 is 0. The Morgan fingerprint density at radius 2 is 1.45 bits per heavy atom. The Morgan fingerprint density at radius 1 is 0.773 bits per heavy atom. The molecule has 0 heterocycles. The molecule has 9 heteroatoms. The van der Waals surface area contributed by atoms with Gasteiger partial charge in [-0.25, -0.2) is 0 Å². The Bertz CT molecular complexity index is 1180. The number of aliphatic hydroxyl groups excluding tert-OH is 2. The molecule has 0 bridgehead atoms. The lowest BCUT2D eigenvalue weighted by Crippen LogP contribution is -2.55. The number of hydrogen-bond donors (Lipinski definition) is 6. The summed E-state index contributed by atoms with van der Waals surface area (Å²) >= 11 is 0. The first kappa shape index (κ1) is 37.0. The lowest BCUT2D eigenvalue weighted by Gasteiger charge is -2.31. The molecule has 0 aromatic heterocycles. The van der Waals surface area contributed by atoms with E-state index in [4.69, 9.17) is 0 Å². The minimum Gasteiger partial charge on any atom is -0.393 e. The molecule has 0 aliphatic carbocycles. The van der Waals surface area contributed by atoms with Gasteiger partial charge in [-0.15, -0.1) is 0 Å². The Kier molecular flexibility index (Phi) is 15.6. The van der Waals surface area contributed by atoms with Crippen LogP contribution in [0.25, 0.3) is 10.8 Å². The number of aliphatic hydroxyl groups is 2. The van der Waals surface area contributed by atoms with E-state index in [9.17, 15) is 24.6 Å². The first-order valence-electron chi connectivity index (χ1n) is 16.3. The van der Waals surface area contributed by atoms with Crippen LogP contribution in [0, 0.1) is 17.8 Å². The van der Waals surface area contributed by atoms with Gasteiger partial charge in [0.25, 0.3) is 0 Å². The van der Waals surface area contributed by atoms with Crippen molar-refractivity contribution in [3.8, 4) is 0 Å². The Labute approximate surface area is 264 Å². The number of hydrogen-bond acceptors (Lipinski definition) is 6. The van der Waals surface area contributed by atoms with Crippen LogP contribution in [0.15, 0.2) is 42.5 Å². The highest BCUT2D eigenvalue weighted by Crippen LogP contribution is 2.24. The van der Waals surface area contributed by atoms with E-state index in [0.29, 0.717) is 19.4 Å². The monoisotopic (exact) mass is 612 g/mol. The van der Waals surface area contributed by atoms with Crippen molar-refractivity contribution in [1.82, 2.24) is 16.0 Å². The summed E-state index contributed by atoms with van der Waals surface area (Å²) in [7, 11) is 0. The second-order valence-corrected chi connectivity index (χ2v) is 13.1. The number of carbonyl (C=O) groups excluding carboxylic acids is 3. The average molecular weight is 613 g/mol. The van der Waals surface area contributed by atoms with Crippen molar-refractivity contribution in [2.45, 2.75) is 117 Å². The maximum atomic E-state index is 13.6. The topological polar surface area (TPSA) is 140 Å². The minimum absolute atomic E-state index is 0.102. The van der Waals surface area contributed by atoms with Gasteiger partial charge in [-0.3, -0.25) is 14.4 Å².